The second-order valence-corrected chi connectivity index (χ2v) is 8.43. The van der Waals surface area contributed by atoms with E-state index >= 15 is 0 Å². The molecule has 8 nitrogen and oxygen atoms in total. The van der Waals surface area contributed by atoms with E-state index in [4.69, 9.17) is 9.72 Å². The molecule has 12 heteroatoms. The average molecular weight is 514 g/mol. The number of aromatic nitrogens is 3. The first-order valence-corrected chi connectivity index (χ1v) is 11.5. The Bertz CT molecular complexity index is 1400. The standard InChI is InChI=1S/C25H22F4N6O2/c26-17-3-7-19(8-4-17)31-24(36)30-18-5-1-16(2-6-18)21-32-22(34-11-13-37-14-12-34)20-9-10-35(23(20)33-21)15-25(27,28)29/h1-10H,11-15H2,(H2,30,31,36). The highest BCUT2D eigenvalue weighted by Crippen LogP contribution is 2.31. The zero-order valence-corrected chi connectivity index (χ0v) is 19.4. The van der Waals surface area contributed by atoms with Crippen LogP contribution >= 0.6 is 0 Å². The molecule has 0 aliphatic carbocycles. The molecular weight excluding hydrogens is 492 g/mol. The summed E-state index contributed by atoms with van der Waals surface area (Å²) in [6.07, 6.45) is -3.04. The largest absolute Gasteiger partial charge is 0.406 e. The summed E-state index contributed by atoms with van der Waals surface area (Å²) >= 11 is 0. The minimum atomic E-state index is -4.40. The first-order chi connectivity index (χ1) is 17.7. The number of benzene rings is 2. The lowest BCUT2D eigenvalue weighted by atomic mass is 10.2. The number of alkyl halides is 3. The van der Waals surface area contributed by atoms with Crippen molar-refractivity contribution in [3.8, 4) is 11.4 Å². The van der Waals surface area contributed by atoms with Gasteiger partial charge in [0.2, 0.25) is 0 Å². The van der Waals surface area contributed by atoms with Gasteiger partial charge < -0.3 is 24.8 Å². The Morgan fingerprint density at radius 1 is 0.919 bits per heavy atom. The van der Waals surface area contributed by atoms with Gasteiger partial charge in [0.05, 0.1) is 18.6 Å². The van der Waals surface area contributed by atoms with Gasteiger partial charge in [-0.3, -0.25) is 0 Å². The number of hydrogen-bond acceptors (Lipinski definition) is 5. The number of fused-ring (bicyclic) bond motifs is 1. The van der Waals surface area contributed by atoms with Gasteiger partial charge in [0.15, 0.2) is 5.82 Å². The maximum atomic E-state index is 13.2. The molecule has 192 valence electrons. The van der Waals surface area contributed by atoms with Crippen molar-refractivity contribution in [2.24, 2.45) is 0 Å². The van der Waals surface area contributed by atoms with Gasteiger partial charge in [-0.25, -0.2) is 19.2 Å². The number of morpholine rings is 1. The first-order valence-electron chi connectivity index (χ1n) is 11.5. The van der Waals surface area contributed by atoms with E-state index in [1.54, 1.807) is 30.3 Å². The Hall–Kier alpha value is -4.19. The quantitative estimate of drug-likeness (QED) is 0.354. The maximum absolute atomic E-state index is 13.2. The molecule has 1 saturated heterocycles. The third-order valence-electron chi connectivity index (χ3n) is 5.76. The summed E-state index contributed by atoms with van der Waals surface area (Å²) in [5.74, 6) is 0.396. The SMILES string of the molecule is O=C(Nc1ccc(F)cc1)Nc1ccc(-c2nc(N3CCOCC3)c3ccn(CC(F)(F)F)c3n2)cc1. The highest BCUT2D eigenvalue weighted by Gasteiger charge is 2.29. The van der Waals surface area contributed by atoms with Crippen molar-refractivity contribution in [3.63, 3.8) is 0 Å². The summed E-state index contributed by atoms with van der Waals surface area (Å²) < 4.78 is 59.1. The molecule has 1 fully saturated rings. The lowest BCUT2D eigenvalue weighted by Gasteiger charge is -2.28. The van der Waals surface area contributed by atoms with Crippen LogP contribution in [0.2, 0.25) is 0 Å². The highest BCUT2D eigenvalue weighted by molar-refractivity contribution is 5.99. The lowest BCUT2D eigenvalue weighted by Crippen LogP contribution is -2.37. The van der Waals surface area contributed by atoms with Gasteiger partial charge >= 0.3 is 12.2 Å². The Morgan fingerprint density at radius 3 is 2.16 bits per heavy atom. The molecular formula is C25H22F4N6O2. The fourth-order valence-electron chi connectivity index (χ4n) is 4.04. The molecule has 4 aromatic rings. The van der Waals surface area contributed by atoms with Gasteiger partial charge in [-0.2, -0.15) is 13.2 Å². The zero-order valence-electron chi connectivity index (χ0n) is 19.4. The Balaban J connectivity index is 1.42. The molecule has 0 atom stereocenters. The van der Waals surface area contributed by atoms with Crippen LogP contribution in [0.5, 0.6) is 0 Å². The van der Waals surface area contributed by atoms with Gasteiger partial charge in [0, 0.05) is 36.2 Å². The Kier molecular flexibility index (Phi) is 6.66. The number of nitrogens with one attached hydrogen (secondary N) is 2. The summed E-state index contributed by atoms with van der Waals surface area (Å²) in [5.41, 5.74) is 1.65. The summed E-state index contributed by atoms with van der Waals surface area (Å²) in [6, 6.07) is 13.0. The number of rotatable bonds is 5. The molecule has 2 aromatic carbocycles. The van der Waals surface area contributed by atoms with Gasteiger partial charge in [0.1, 0.15) is 23.8 Å². The van der Waals surface area contributed by atoms with Crippen LogP contribution in [0.4, 0.5) is 39.5 Å². The topological polar surface area (TPSA) is 84.3 Å². The van der Waals surface area contributed by atoms with E-state index in [9.17, 15) is 22.4 Å². The first kappa shape index (κ1) is 24.5. The van der Waals surface area contributed by atoms with Crippen LogP contribution in [0.25, 0.3) is 22.4 Å². The zero-order chi connectivity index (χ0) is 26.0. The summed E-state index contributed by atoms with van der Waals surface area (Å²) in [6.45, 7) is 0.931. The molecule has 2 N–H and O–H groups in total. The number of hydrogen-bond donors (Lipinski definition) is 2. The number of amides is 2. The number of ether oxygens (including phenoxy) is 1. The molecule has 0 spiro atoms. The lowest BCUT2D eigenvalue weighted by molar-refractivity contribution is -0.139. The van der Waals surface area contributed by atoms with E-state index in [0.717, 1.165) is 4.57 Å². The molecule has 0 saturated carbocycles. The van der Waals surface area contributed by atoms with Crippen molar-refractivity contribution in [2.75, 3.05) is 41.8 Å². The molecule has 0 radical (unpaired) electrons. The van der Waals surface area contributed by atoms with Crippen LogP contribution < -0.4 is 15.5 Å². The number of anilines is 3. The van der Waals surface area contributed by atoms with Crippen molar-refractivity contribution in [1.82, 2.24) is 14.5 Å². The van der Waals surface area contributed by atoms with Crippen LogP contribution in [0, 0.1) is 5.82 Å². The van der Waals surface area contributed by atoms with Crippen molar-refractivity contribution in [3.05, 3.63) is 66.6 Å². The highest BCUT2D eigenvalue weighted by atomic mass is 19.4. The van der Waals surface area contributed by atoms with Crippen LogP contribution in [0.1, 0.15) is 0 Å². The molecule has 3 heterocycles. The van der Waals surface area contributed by atoms with E-state index in [-0.39, 0.29) is 11.5 Å². The molecule has 2 aromatic heterocycles. The van der Waals surface area contributed by atoms with E-state index in [1.807, 2.05) is 4.90 Å². The molecule has 2 amide bonds. The molecule has 37 heavy (non-hydrogen) atoms. The number of nitrogens with zero attached hydrogens (tertiary/aromatic N) is 4. The number of carbonyl (C=O) groups excluding carboxylic acids is 1. The minimum absolute atomic E-state index is 0.185. The second-order valence-electron chi connectivity index (χ2n) is 8.43. The van der Waals surface area contributed by atoms with Crippen LogP contribution in [0.15, 0.2) is 60.8 Å². The average Bonchev–Trinajstić information content (AvgIpc) is 3.27. The van der Waals surface area contributed by atoms with Crippen LogP contribution in [-0.2, 0) is 11.3 Å². The third-order valence-corrected chi connectivity index (χ3v) is 5.76. The normalized spacial score (nSPS) is 14.1. The van der Waals surface area contributed by atoms with Crippen LogP contribution in [0.3, 0.4) is 0 Å². The van der Waals surface area contributed by atoms with Crippen molar-refractivity contribution < 1.29 is 27.1 Å². The van der Waals surface area contributed by atoms with Gasteiger partial charge in [-0.15, -0.1) is 0 Å². The molecule has 1 aliphatic heterocycles. The van der Waals surface area contributed by atoms with E-state index < -0.39 is 24.6 Å². The molecule has 0 bridgehead atoms. The fourth-order valence-corrected chi connectivity index (χ4v) is 4.04. The molecule has 1 aliphatic rings. The fraction of sp³-hybridized carbons (Fsp3) is 0.240. The molecule has 0 unspecified atom stereocenters. The number of carbonyl (C=O) groups is 1. The van der Waals surface area contributed by atoms with Gasteiger partial charge in [0.25, 0.3) is 0 Å². The summed E-state index contributed by atoms with van der Waals surface area (Å²) in [5, 5.41) is 5.80. The van der Waals surface area contributed by atoms with Crippen molar-refractivity contribution in [2.45, 2.75) is 12.7 Å². The van der Waals surface area contributed by atoms with Gasteiger partial charge in [-0.05, 0) is 54.6 Å². The van der Waals surface area contributed by atoms with Crippen molar-refractivity contribution >= 4 is 34.3 Å². The summed E-state index contributed by atoms with van der Waals surface area (Å²) in [4.78, 5) is 23.4. The van der Waals surface area contributed by atoms with E-state index in [2.05, 4.69) is 15.6 Å². The minimum Gasteiger partial charge on any atom is -0.378 e. The predicted molar refractivity (Wildman–Crippen MR) is 131 cm³/mol. The smallest absolute Gasteiger partial charge is 0.378 e. The molecule has 5 rings (SSSR count). The number of urea groups is 1. The summed E-state index contributed by atoms with van der Waals surface area (Å²) in [7, 11) is 0. The Morgan fingerprint density at radius 2 is 1.54 bits per heavy atom. The van der Waals surface area contributed by atoms with E-state index in [1.165, 1.54) is 30.5 Å². The van der Waals surface area contributed by atoms with Gasteiger partial charge in [-0.1, -0.05) is 0 Å². The maximum Gasteiger partial charge on any atom is 0.406 e. The van der Waals surface area contributed by atoms with Crippen molar-refractivity contribution in [1.29, 1.82) is 0 Å². The number of halogens is 4. The van der Waals surface area contributed by atoms with Crippen LogP contribution in [-0.4, -0.2) is 53.0 Å². The second kappa shape index (κ2) is 10.1. The Labute approximate surface area is 208 Å². The van der Waals surface area contributed by atoms with E-state index in [0.29, 0.717) is 54.4 Å². The predicted octanol–water partition coefficient (Wildman–Crippen LogP) is 5.28. The third kappa shape index (κ3) is 5.80. The monoisotopic (exact) mass is 514 g/mol.